The Kier molecular flexibility index (Phi) is 4.99. The Morgan fingerprint density at radius 2 is 1.86 bits per heavy atom. The van der Waals surface area contributed by atoms with Crippen LogP contribution in [0.25, 0.3) is 0 Å². The van der Waals surface area contributed by atoms with Crippen LogP contribution in [-0.4, -0.2) is 23.0 Å². The third-order valence-corrected chi connectivity index (χ3v) is 4.24. The number of amides is 1. The van der Waals surface area contributed by atoms with E-state index in [9.17, 15) is 9.59 Å². The molecule has 4 heteroatoms. The average Bonchev–Trinajstić information content (AvgIpc) is 2.88. The Morgan fingerprint density at radius 3 is 2.38 bits per heavy atom. The van der Waals surface area contributed by atoms with Crippen molar-refractivity contribution in [2.45, 2.75) is 45.1 Å². The van der Waals surface area contributed by atoms with E-state index >= 15 is 0 Å². The van der Waals surface area contributed by atoms with Crippen molar-refractivity contribution in [3.8, 4) is 0 Å². The number of hydrogen-bond donors (Lipinski definition) is 2. The van der Waals surface area contributed by atoms with E-state index in [1.807, 2.05) is 44.2 Å². The van der Waals surface area contributed by atoms with Gasteiger partial charge in [0.15, 0.2) is 0 Å². The van der Waals surface area contributed by atoms with E-state index in [0.29, 0.717) is 12.8 Å². The number of carbonyl (C=O) groups is 2. The van der Waals surface area contributed by atoms with E-state index in [1.165, 1.54) is 0 Å². The van der Waals surface area contributed by atoms with Crippen LogP contribution >= 0.6 is 0 Å². The highest BCUT2D eigenvalue weighted by Gasteiger charge is 2.32. The Morgan fingerprint density at radius 1 is 1.19 bits per heavy atom. The van der Waals surface area contributed by atoms with Gasteiger partial charge in [-0.05, 0) is 30.7 Å². The second-order valence-electron chi connectivity index (χ2n) is 6.19. The molecule has 0 spiro atoms. The number of hydrogen-bond acceptors (Lipinski definition) is 2. The molecule has 3 atom stereocenters. The van der Waals surface area contributed by atoms with Gasteiger partial charge >= 0.3 is 5.97 Å². The predicted octanol–water partition coefficient (Wildman–Crippen LogP) is 2.80. The Labute approximate surface area is 125 Å². The molecule has 1 aromatic rings. The van der Waals surface area contributed by atoms with Crippen LogP contribution in [0.1, 0.15) is 44.6 Å². The van der Waals surface area contributed by atoms with E-state index in [-0.39, 0.29) is 29.7 Å². The summed E-state index contributed by atoms with van der Waals surface area (Å²) in [4.78, 5) is 23.5. The second-order valence-corrected chi connectivity index (χ2v) is 6.19. The van der Waals surface area contributed by atoms with Gasteiger partial charge in [0, 0.05) is 6.04 Å². The largest absolute Gasteiger partial charge is 0.481 e. The van der Waals surface area contributed by atoms with Gasteiger partial charge in [-0.2, -0.15) is 0 Å². The van der Waals surface area contributed by atoms with Crippen molar-refractivity contribution in [3.05, 3.63) is 35.9 Å². The van der Waals surface area contributed by atoms with Gasteiger partial charge in [0.05, 0.1) is 11.8 Å². The van der Waals surface area contributed by atoms with Crippen LogP contribution in [0.3, 0.4) is 0 Å². The molecule has 114 valence electrons. The summed E-state index contributed by atoms with van der Waals surface area (Å²) in [6, 6.07) is 9.75. The van der Waals surface area contributed by atoms with Crippen LogP contribution in [0.15, 0.2) is 30.3 Å². The molecule has 0 aliphatic heterocycles. The number of nitrogens with one attached hydrogen (secondary N) is 1. The summed E-state index contributed by atoms with van der Waals surface area (Å²) in [7, 11) is 0. The van der Waals surface area contributed by atoms with Crippen LogP contribution in [0.4, 0.5) is 0 Å². The van der Waals surface area contributed by atoms with Crippen molar-refractivity contribution in [2.24, 2.45) is 11.8 Å². The first-order chi connectivity index (χ1) is 9.99. The van der Waals surface area contributed by atoms with E-state index in [0.717, 1.165) is 12.0 Å². The summed E-state index contributed by atoms with van der Waals surface area (Å²) in [6.45, 7) is 4.07. The smallest absolute Gasteiger partial charge is 0.306 e. The van der Waals surface area contributed by atoms with Crippen molar-refractivity contribution < 1.29 is 14.7 Å². The minimum absolute atomic E-state index is 0.00670. The molecule has 0 bridgehead atoms. The molecule has 0 aromatic heterocycles. The maximum atomic E-state index is 12.6. The molecule has 0 saturated heterocycles. The molecule has 4 nitrogen and oxygen atoms in total. The topological polar surface area (TPSA) is 66.4 Å². The fraction of sp³-hybridized carbons (Fsp3) is 0.529. The lowest BCUT2D eigenvalue weighted by atomic mass is 9.87. The van der Waals surface area contributed by atoms with Crippen LogP contribution in [0.2, 0.25) is 0 Å². The summed E-state index contributed by atoms with van der Waals surface area (Å²) < 4.78 is 0. The number of carboxylic acids is 1. The fourth-order valence-corrected chi connectivity index (χ4v) is 3.13. The summed E-state index contributed by atoms with van der Waals surface area (Å²) in [5, 5.41) is 12.1. The first-order valence-corrected chi connectivity index (χ1v) is 7.57. The van der Waals surface area contributed by atoms with E-state index in [2.05, 4.69) is 5.32 Å². The molecule has 21 heavy (non-hydrogen) atoms. The monoisotopic (exact) mass is 289 g/mol. The molecule has 2 N–H and O–H groups in total. The minimum atomic E-state index is -0.754. The average molecular weight is 289 g/mol. The quantitative estimate of drug-likeness (QED) is 0.876. The second kappa shape index (κ2) is 6.74. The Bertz CT molecular complexity index is 498. The zero-order valence-corrected chi connectivity index (χ0v) is 12.6. The SMILES string of the molecule is CC(C)[C@H](C(=O)N[C@@H]1CC[C@@H](C(=O)O)C1)c1ccccc1. The molecule has 1 fully saturated rings. The number of benzene rings is 1. The molecule has 2 rings (SSSR count). The zero-order valence-electron chi connectivity index (χ0n) is 12.6. The minimum Gasteiger partial charge on any atom is -0.481 e. The first kappa shape index (κ1) is 15.5. The van der Waals surface area contributed by atoms with Crippen molar-refractivity contribution in [1.82, 2.24) is 5.32 Å². The Hall–Kier alpha value is -1.84. The van der Waals surface area contributed by atoms with E-state index in [1.54, 1.807) is 0 Å². The molecule has 1 aliphatic rings. The summed E-state index contributed by atoms with van der Waals surface area (Å²) in [5.74, 6) is -1.05. The summed E-state index contributed by atoms with van der Waals surface area (Å²) in [6.07, 6.45) is 1.95. The normalized spacial score (nSPS) is 23.0. The van der Waals surface area contributed by atoms with Gasteiger partial charge in [-0.25, -0.2) is 0 Å². The molecule has 1 saturated carbocycles. The van der Waals surface area contributed by atoms with Gasteiger partial charge in [0.2, 0.25) is 5.91 Å². The number of rotatable bonds is 5. The standard InChI is InChI=1S/C17H23NO3/c1-11(2)15(12-6-4-3-5-7-12)16(19)18-14-9-8-13(10-14)17(20)21/h3-7,11,13-15H,8-10H2,1-2H3,(H,18,19)(H,20,21)/t13-,14-,15+/m1/s1. The number of carbonyl (C=O) groups excluding carboxylic acids is 1. The first-order valence-electron chi connectivity index (χ1n) is 7.57. The van der Waals surface area contributed by atoms with Gasteiger partial charge in [-0.15, -0.1) is 0 Å². The molecule has 0 radical (unpaired) electrons. The highest BCUT2D eigenvalue weighted by Crippen LogP contribution is 2.28. The maximum absolute atomic E-state index is 12.6. The number of aliphatic carboxylic acids is 1. The molecule has 0 heterocycles. The lowest BCUT2D eigenvalue weighted by Crippen LogP contribution is -2.38. The summed E-state index contributed by atoms with van der Waals surface area (Å²) >= 11 is 0. The third kappa shape index (κ3) is 3.84. The lowest BCUT2D eigenvalue weighted by molar-refractivity contribution is -0.141. The maximum Gasteiger partial charge on any atom is 0.306 e. The highest BCUT2D eigenvalue weighted by atomic mass is 16.4. The van der Waals surface area contributed by atoms with Crippen molar-refractivity contribution >= 4 is 11.9 Å². The summed E-state index contributed by atoms with van der Waals surface area (Å²) in [5.41, 5.74) is 1.01. The highest BCUT2D eigenvalue weighted by molar-refractivity contribution is 5.84. The van der Waals surface area contributed by atoms with Gasteiger partial charge < -0.3 is 10.4 Å². The van der Waals surface area contributed by atoms with Crippen LogP contribution < -0.4 is 5.32 Å². The van der Waals surface area contributed by atoms with E-state index in [4.69, 9.17) is 5.11 Å². The van der Waals surface area contributed by atoms with Crippen LogP contribution in [0, 0.1) is 11.8 Å². The van der Waals surface area contributed by atoms with Crippen LogP contribution in [-0.2, 0) is 9.59 Å². The molecule has 1 amide bonds. The van der Waals surface area contributed by atoms with Crippen molar-refractivity contribution in [2.75, 3.05) is 0 Å². The molecule has 1 aliphatic carbocycles. The van der Waals surface area contributed by atoms with E-state index < -0.39 is 5.97 Å². The van der Waals surface area contributed by atoms with Crippen LogP contribution in [0.5, 0.6) is 0 Å². The number of carboxylic acid groups (broad SMARTS) is 1. The van der Waals surface area contributed by atoms with Gasteiger partial charge in [0.1, 0.15) is 0 Å². The van der Waals surface area contributed by atoms with Gasteiger partial charge in [-0.3, -0.25) is 9.59 Å². The zero-order chi connectivity index (χ0) is 15.4. The molecular weight excluding hydrogens is 266 g/mol. The predicted molar refractivity (Wildman–Crippen MR) is 80.9 cm³/mol. The van der Waals surface area contributed by atoms with Gasteiger partial charge in [-0.1, -0.05) is 44.2 Å². The Balaban J connectivity index is 2.02. The van der Waals surface area contributed by atoms with Gasteiger partial charge in [0.25, 0.3) is 0 Å². The molecular formula is C17H23NO3. The third-order valence-electron chi connectivity index (χ3n) is 4.24. The lowest BCUT2D eigenvalue weighted by Gasteiger charge is -2.23. The molecule has 1 aromatic carbocycles. The molecule has 0 unspecified atom stereocenters. The van der Waals surface area contributed by atoms with Crippen molar-refractivity contribution in [3.63, 3.8) is 0 Å². The van der Waals surface area contributed by atoms with Crippen molar-refractivity contribution in [1.29, 1.82) is 0 Å². The fourth-order valence-electron chi connectivity index (χ4n) is 3.13.